The minimum atomic E-state index is -0.456. The lowest BCUT2D eigenvalue weighted by molar-refractivity contribution is -0.154. The zero-order chi connectivity index (χ0) is 12.0. The van der Waals surface area contributed by atoms with E-state index in [1.807, 2.05) is 6.92 Å². The summed E-state index contributed by atoms with van der Waals surface area (Å²) in [6.45, 7) is 4.36. The molecule has 1 saturated heterocycles. The number of likely N-dealkylation sites (N-methyl/N-ethyl adjacent to an activating group) is 1. The van der Waals surface area contributed by atoms with Gasteiger partial charge in [-0.1, -0.05) is 0 Å². The average molecular weight is 230 g/mol. The molecule has 2 N–H and O–H groups in total. The van der Waals surface area contributed by atoms with Gasteiger partial charge in [0, 0.05) is 26.7 Å². The number of ether oxygens (including phenoxy) is 2. The van der Waals surface area contributed by atoms with Gasteiger partial charge in [0.2, 0.25) is 5.91 Å². The lowest BCUT2D eigenvalue weighted by atomic mass is 9.96. The monoisotopic (exact) mass is 230 g/mol. The van der Waals surface area contributed by atoms with E-state index in [1.54, 1.807) is 11.9 Å². The van der Waals surface area contributed by atoms with Crippen LogP contribution >= 0.6 is 0 Å². The first-order valence-corrected chi connectivity index (χ1v) is 5.79. The van der Waals surface area contributed by atoms with Gasteiger partial charge < -0.3 is 20.1 Å². The van der Waals surface area contributed by atoms with Gasteiger partial charge >= 0.3 is 0 Å². The Kier molecular flexibility index (Phi) is 5.18. The molecular formula is C11H22N2O3. The Bertz CT molecular complexity index is 227. The van der Waals surface area contributed by atoms with Gasteiger partial charge in [0.05, 0.1) is 6.61 Å². The Hall–Kier alpha value is -0.650. The van der Waals surface area contributed by atoms with E-state index in [9.17, 15) is 4.79 Å². The third-order valence-electron chi connectivity index (χ3n) is 3.06. The molecule has 0 aromatic rings. The lowest BCUT2D eigenvalue weighted by Gasteiger charge is -2.36. The Morgan fingerprint density at radius 3 is 2.88 bits per heavy atom. The van der Waals surface area contributed by atoms with Gasteiger partial charge in [0.25, 0.3) is 0 Å². The molecule has 1 fully saturated rings. The minimum absolute atomic E-state index is 0.0131. The zero-order valence-corrected chi connectivity index (χ0v) is 10.2. The zero-order valence-electron chi connectivity index (χ0n) is 10.2. The van der Waals surface area contributed by atoms with E-state index in [2.05, 4.69) is 0 Å². The predicted octanol–water partition coefficient (Wildman–Crippen LogP) is -0.0108. The lowest BCUT2D eigenvalue weighted by Crippen LogP contribution is -2.49. The number of hydrogen-bond donors (Lipinski definition) is 1. The minimum Gasteiger partial charge on any atom is -0.378 e. The van der Waals surface area contributed by atoms with Gasteiger partial charge in [-0.2, -0.15) is 0 Å². The molecule has 1 rings (SSSR count). The first-order valence-electron chi connectivity index (χ1n) is 5.79. The van der Waals surface area contributed by atoms with Gasteiger partial charge in [-0.25, -0.2) is 0 Å². The summed E-state index contributed by atoms with van der Waals surface area (Å²) < 4.78 is 11.0. The van der Waals surface area contributed by atoms with Gasteiger partial charge in [0.1, 0.15) is 12.2 Å². The molecule has 5 heteroatoms. The molecule has 1 unspecified atom stereocenters. The third kappa shape index (κ3) is 3.43. The Balaban J connectivity index is 2.41. The molecule has 16 heavy (non-hydrogen) atoms. The van der Waals surface area contributed by atoms with Crippen molar-refractivity contribution in [1.29, 1.82) is 0 Å². The molecule has 1 amide bonds. The molecule has 0 radical (unpaired) electrons. The van der Waals surface area contributed by atoms with Gasteiger partial charge in [-0.15, -0.1) is 0 Å². The van der Waals surface area contributed by atoms with E-state index in [0.29, 0.717) is 19.7 Å². The number of amides is 1. The molecule has 0 spiro atoms. The highest BCUT2D eigenvalue weighted by Crippen LogP contribution is 2.22. The van der Waals surface area contributed by atoms with Crippen molar-refractivity contribution in [2.75, 3.05) is 40.0 Å². The third-order valence-corrected chi connectivity index (χ3v) is 3.06. The largest absolute Gasteiger partial charge is 0.378 e. The van der Waals surface area contributed by atoms with Crippen molar-refractivity contribution >= 4 is 5.91 Å². The second-order valence-corrected chi connectivity index (χ2v) is 4.24. The van der Waals surface area contributed by atoms with Gasteiger partial charge in [-0.05, 0) is 19.8 Å². The number of hydrogen-bond acceptors (Lipinski definition) is 4. The molecule has 1 heterocycles. The number of nitrogens with zero attached hydrogens (tertiary/aromatic N) is 1. The molecular weight excluding hydrogens is 208 g/mol. The van der Waals surface area contributed by atoms with Crippen molar-refractivity contribution in [3.8, 4) is 0 Å². The van der Waals surface area contributed by atoms with Crippen LogP contribution in [0.3, 0.4) is 0 Å². The fraction of sp³-hybridized carbons (Fsp3) is 0.909. The van der Waals surface area contributed by atoms with E-state index < -0.39 is 5.60 Å². The topological polar surface area (TPSA) is 64.8 Å². The van der Waals surface area contributed by atoms with Crippen molar-refractivity contribution in [1.82, 2.24) is 4.90 Å². The highest BCUT2D eigenvalue weighted by Gasteiger charge is 2.33. The standard InChI is InChI=1S/C11H22N2O3/c1-3-13(2)10(14)7-16-11(8-12)5-4-6-15-9-11/h3-9,12H2,1-2H3. The Morgan fingerprint density at radius 2 is 2.38 bits per heavy atom. The van der Waals surface area contributed by atoms with Crippen LogP contribution in [0.2, 0.25) is 0 Å². The number of nitrogens with two attached hydrogens (primary N) is 1. The van der Waals surface area contributed by atoms with E-state index in [0.717, 1.165) is 19.4 Å². The maximum atomic E-state index is 11.6. The summed E-state index contributed by atoms with van der Waals surface area (Å²) in [5.41, 5.74) is 5.25. The smallest absolute Gasteiger partial charge is 0.248 e. The molecule has 94 valence electrons. The van der Waals surface area contributed by atoms with Crippen LogP contribution in [-0.4, -0.2) is 56.4 Å². The van der Waals surface area contributed by atoms with Crippen molar-refractivity contribution in [2.24, 2.45) is 5.73 Å². The summed E-state index contributed by atoms with van der Waals surface area (Å²) in [6, 6.07) is 0. The summed E-state index contributed by atoms with van der Waals surface area (Å²) in [5, 5.41) is 0. The summed E-state index contributed by atoms with van der Waals surface area (Å²) in [6.07, 6.45) is 1.81. The van der Waals surface area contributed by atoms with Crippen molar-refractivity contribution in [2.45, 2.75) is 25.4 Å². The van der Waals surface area contributed by atoms with E-state index >= 15 is 0 Å². The number of carbonyl (C=O) groups excluding carboxylic acids is 1. The first kappa shape index (κ1) is 13.4. The van der Waals surface area contributed by atoms with Crippen LogP contribution in [-0.2, 0) is 14.3 Å². The molecule has 0 aliphatic carbocycles. The summed E-state index contributed by atoms with van der Waals surface area (Å²) in [5.74, 6) is -0.0131. The molecule has 0 bridgehead atoms. The average Bonchev–Trinajstić information content (AvgIpc) is 2.36. The second kappa shape index (κ2) is 6.18. The first-order chi connectivity index (χ1) is 7.63. The predicted molar refractivity (Wildman–Crippen MR) is 61.1 cm³/mol. The highest BCUT2D eigenvalue weighted by atomic mass is 16.5. The molecule has 1 aliphatic rings. The van der Waals surface area contributed by atoms with Crippen LogP contribution < -0.4 is 5.73 Å². The van der Waals surface area contributed by atoms with Crippen molar-refractivity contribution in [3.63, 3.8) is 0 Å². The van der Waals surface area contributed by atoms with Crippen LogP contribution in [0.15, 0.2) is 0 Å². The fourth-order valence-corrected chi connectivity index (χ4v) is 1.66. The Morgan fingerprint density at radius 1 is 1.62 bits per heavy atom. The maximum absolute atomic E-state index is 11.6. The van der Waals surface area contributed by atoms with Crippen LogP contribution in [0, 0.1) is 0 Å². The molecule has 1 atom stereocenters. The molecule has 5 nitrogen and oxygen atoms in total. The summed E-state index contributed by atoms with van der Waals surface area (Å²) in [7, 11) is 1.76. The fourth-order valence-electron chi connectivity index (χ4n) is 1.66. The number of carbonyl (C=O) groups is 1. The van der Waals surface area contributed by atoms with Crippen LogP contribution in [0.1, 0.15) is 19.8 Å². The normalized spacial score (nSPS) is 25.4. The van der Waals surface area contributed by atoms with Crippen LogP contribution in [0.4, 0.5) is 0 Å². The summed E-state index contributed by atoms with van der Waals surface area (Å²) >= 11 is 0. The van der Waals surface area contributed by atoms with Crippen LogP contribution in [0.5, 0.6) is 0 Å². The van der Waals surface area contributed by atoms with E-state index in [1.165, 1.54) is 0 Å². The van der Waals surface area contributed by atoms with Gasteiger partial charge in [0.15, 0.2) is 0 Å². The summed E-state index contributed by atoms with van der Waals surface area (Å²) in [4.78, 5) is 13.2. The quantitative estimate of drug-likeness (QED) is 0.721. The highest BCUT2D eigenvalue weighted by molar-refractivity contribution is 5.77. The molecule has 0 aromatic carbocycles. The second-order valence-electron chi connectivity index (χ2n) is 4.24. The van der Waals surface area contributed by atoms with E-state index in [-0.39, 0.29) is 12.5 Å². The SMILES string of the molecule is CCN(C)C(=O)COC1(CN)CCCOC1. The number of rotatable bonds is 5. The maximum Gasteiger partial charge on any atom is 0.248 e. The van der Waals surface area contributed by atoms with E-state index in [4.69, 9.17) is 15.2 Å². The molecule has 1 aliphatic heterocycles. The van der Waals surface area contributed by atoms with Crippen molar-refractivity contribution in [3.05, 3.63) is 0 Å². The Labute approximate surface area is 96.9 Å². The van der Waals surface area contributed by atoms with Gasteiger partial charge in [-0.3, -0.25) is 4.79 Å². The van der Waals surface area contributed by atoms with Crippen molar-refractivity contribution < 1.29 is 14.3 Å². The van der Waals surface area contributed by atoms with Crippen LogP contribution in [0.25, 0.3) is 0 Å². The molecule has 0 saturated carbocycles. The molecule has 0 aromatic heterocycles.